The highest BCUT2D eigenvalue weighted by Crippen LogP contribution is 2.21. The maximum absolute atomic E-state index is 3.45. The molecule has 2 aromatic carbocycles. The third kappa shape index (κ3) is 3.09. The molecule has 1 fully saturated rings. The Hall–Kier alpha value is -1.64. The van der Waals surface area contributed by atoms with Gasteiger partial charge in [-0.05, 0) is 29.7 Å². The van der Waals surface area contributed by atoms with Crippen molar-refractivity contribution in [2.45, 2.75) is 19.5 Å². The number of nitrogens with zero attached hydrogens (tertiary/aromatic N) is 1. The van der Waals surface area contributed by atoms with Crippen molar-refractivity contribution in [3.8, 4) is 11.1 Å². The molecule has 20 heavy (non-hydrogen) atoms. The summed E-state index contributed by atoms with van der Waals surface area (Å²) in [6.45, 7) is 6.68. The van der Waals surface area contributed by atoms with Crippen molar-refractivity contribution in [1.82, 2.24) is 10.2 Å². The summed E-state index contributed by atoms with van der Waals surface area (Å²) < 4.78 is 0. The number of hydrogen-bond donors (Lipinski definition) is 1. The fourth-order valence-electron chi connectivity index (χ4n) is 2.83. The van der Waals surface area contributed by atoms with E-state index >= 15 is 0 Å². The van der Waals surface area contributed by atoms with Gasteiger partial charge in [-0.1, -0.05) is 48.5 Å². The maximum atomic E-state index is 3.45. The molecule has 2 heteroatoms. The Balaban J connectivity index is 1.78. The monoisotopic (exact) mass is 266 g/mol. The van der Waals surface area contributed by atoms with Crippen molar-refractivity contribution in [1.29, 1.82) is 0 Å². The van der Waals surface area contributed by atoms with E-state index in [4.69, 9.17) is 0 Å². The first-order valence-corrected chi connectivity index (χ1v) is 7.42. The fourth-order valence-corrected chi connectivity index (χ4v) is 2.83. The van der Waals surface area contributed by atoms with Gasteiger partial charge in [-0.3, -0.25) is 4.90 Å². The largest absolute Gasteiger partial charge is 0.314 e. The third-order valence-corrected chi connectivity index (χ3v) is 4.06. The number of hydrogen-bond acceptors (Lipinski definition) is 2. The lowest BCUT2D eigenvalue weighted by Gasteiger charge is -2.34. The molecule has 104 valence electrons. The number of nitrogens with one attached hydrogen (secondary N) is 1. The molecule has 2 aromatic rings. The minimum absolute atomic E-state index is 0.615. The van der Waals surface area contributed by atoms with Crippen molar-refractivity contribution in [3.63, 3.8) is 0 Å². The Morgan fingerprint density at radius 1 is 1.05 bits per heavy atom. The SMILES string of the molecule is CC1CNCCN1Cc1cccc(-c2ccccc2)c1. The summed E-state index contributed by atoms with van der Waals surface area (Å²) in [5, 5.41) is 3.45. The second kappa shape index (κ2) is 6.21. The molecule has 0 aliphatic carbocycles. The van der Waals surface area contributed by atoms with Gasteiger partial charge in [-0.25, -0.2) is 0 Å². The summed E-state index contributed by atoms with van der Waals surface area (Å²) in [6.07, 6.45) is 0. The Morgan fingerprint density at radius 3 is 2.65 bits per heavy atom. The van der Waals surface area contributed by atoms with Gasteiger partial charge in [0.25, 0.3) is 0 Å². The van der Waals surface area contributed by atoms with Crippen LogP contribution in [0.3, 0.4) is 0 Å². The zero-order chi connectivity index (χ0) is 13.8. The topological polar surface area (TPSA) is 15.3 Å². The molecule has 0 spiro atoms. The van der Waals surface area contributed by atoms with Crippen LogP contribution in [0.1, 0.15) is 12.5 Å². The van der Waals surface area contributed by atoms with Gasteiger partial charge in [0.1, 0.15) is 0 Å². The Morgan fingerprint density at radius 2 is 1.85 bits per heavy atom. The lowest BCUT2D eigenvalue weighted by molar-refractivity contribution is 0.165. The molecule has 2 nitrogen and oxygen atoms in total. The van der Waals surface area contributed by atoms with Gasteiger partial charge in [0.15, 0.2) is 0 Å². The molecule has 1 aliphatic rings. The average molecular weight is 266 g/mol. The van der Waals surface area contributed by atoms with Crippen LogP contribution in [0.25, 0.3) is 11.1 Å². The van der Waals surface area contributed by atoms with E-state index in [9.17, 15) is 0 Å². The molecule has 0 saturated carbocycles. The molecular formula is C18H22N2. The summed E-state index contributed by atoms with van der Waals surface area (Å²) in [5.41, 5.74) is 4.01. The second-order valence-corrected chi connectivity index (χ2v) is 5.59. The lowest BCUT2D eigenvalue weighted by Crippen LogP contribution is -2.49. The molecule has 0 radical (unpaired) electrons. The first-order valence-electron chi connectivity index (χ1n) is 7.42. The highest BCUT2D eigenvalue weighted by molar-refractivity contribution is 5.63. The first kappa shape index (κ1) is 13.3. The van der Waals surface area contributed by atoms with Crippen LogP contribution in [0.4, 0.5) is 0 Å². The van der Waals surface area contributed by atoms with Gasteiger partial charge < -0.3 is 5.32 Å². The van der Waals surface area contributed by atoms with Gasteiger partial charge >= 0.3 is 0 Å². The van der Waals surface area contributed by atoms with Crippen LogP contribution in [-0.2, 0) is 6.54 Å². The van der Waals surface area contributed by atoms with Crippen molar-refractivity contribution in [3.05, 3.63) is 60.2 Å². The second-order valence-electron chi connectivity index (χ2n) is 5.59. The molecule has 1 unspecified atom stereocenters. The van der Waals surface area contributed by atoms with E-state index in [1.54, 1.807) is 0 Å². The van der Waals surface area contributed by atoms with Crippen molar-refractivity contribution in [2.75, 3.05) is 19.6 Å². The Bertz CT molecular complexity index is 550. The highest BCUT2D eigenvalue weighted by atomic mass is 15.2. The quantitative estimate of drug-likeness (QED) is 0.918. The first-order chi connectivity index (χ1) is 9.83. The normalized spacial score (nSPS) is 19.9. The molecular weight excluding hydrogens is 244 g/mol. The molecule has 0 amide bonds. The van der Waals surface area contributed by atoms with E-state index in [2.05, 4.69) is 71.7 Å². The molecule has 0 aromatic heterocycles. The highest BCUT2D eigenvalue weighted by Gasteiger charge is 2.17. The zero-order valence-corrected chi connectivity index (χ0v) is 12.0. The average Bonchev–Trinajstić information content (AvgIpc) is 2.51. The summed E-state index contributed by atoms with van der Waals surface area (Å²) in [7, 11) is 0. The molecule has 0 bridgehead atoms. The Labute approximate surface area is 121 Å². The molecule has 1 aliphatic heterocycles. The van der Waals surface area contributed by atoms with Crippen molar-refractivity contribution >= 4 is 0 Å². The number of benzene rings is 2. The standard InChI is InChI=1S/C18H22N2/c1-15-13-19-10-11-20(15)14-16-6-5-9-18(12-16)17-7-3-2-4-8-17/h2-9,12,15,19H,10-11,13-14H2,1H3. The predicted octanol–water partition coefficient (Wildman–Crippen LogP) is 3.15. The van der Waals surface area contributed by atoms with E-state index < -0.39 is 0 Å². The van der Waals surface area contributed by atoms with Crippen LogP contribution in [-0.4, -0.2) is 30.6 Å². The maximum Gasteiger partial charge on any atom is 0.0237 e. The zero-order valence-electron chi connectivity index (χ0n) is 12.0. The van der Waals surface area contributed by atoms with Gasteiger partial charge in [-0.15, -0.1) is 0 Å². The van der Waals surface area contributed by atoms with E-state index in [1.165, 1.54) is 16.7 Å². The predicted molar refractivity (Wildman–Crippen MR) is 84.6 cm³/mol. The number of piperazine rings is 1. The van der Waals surface area contributed by atoms with Crippen LogP contribution in [0.5, 0.6) is 0 Å². The summed E-state index contributed by atoms with van der Waals surface area (Å²) in [5.74, 6) is 0. The van der Waals surface area contributed by atoms with Crippen LogP contribution >= 0.6 is 0 Å². The van der Waals surface area contributed by atoms with E-state index in [-0.39, 0.29) is 0 Å². The van der Waals surface area contributed by atoms with Crippen LogP contribution in [0.15, 0.2) is 54.6 Å². The van der Waals surface area contributed by atoms with Crippen LogP contribution in [0.2, 0.25) is 0 Å². The summed E-state index contributed by atoms with van der Waals surface area (Å²) in [6, 6.07) is 20.1. The summed E-state index contributed by atoms with van der Waals surface area (Å²) in [4.78, 5) is 2.56. The lowest BCUT2D eigenvalue weighted by atomic mass is 10.0. The van der Waals surface area contributed by atoms with Gasteiger partial charge in [0.05, 0.1) is 0 Å². The van der Waals surface area contributed by atoms with Crippen LogP contribution < -0.4 is 5.32 Å². The molecule has 1 saturated heterocycles. The van der Waals surface area contributed by atoms with Crippen LogP contribution in [0, 0.1) is 0 Å². The number of rotatable bonds is 3. The van der Waals surface area contributed by atoms with Crippen molar-refractivity contribution in [2.24, 2.45) is 0 Å². The van der Waals surface area contributed by atoms with Gasteiger partial charge in [-0.2, -0.15) is 0 Å². The fraction of sp³-hybridized carbons (Fsp3) is 0.333. The molecule has 1 N–H and O–H groups in total. The minimum atomic E-state index is 0.615. The van der Waals surface area contributed by atoms with E-state index in [0.29, 0.717) is 6.04 Å². The minimum Gasteiger partial charge on any atom is -0.314 e. The van der Waals surface area contributed by atoms with E-state index in [0.717, 1.165) is 26.2 Å². The van der Waals surface area contributed by atoms with Crippen molar-refractivity contribution < 1.29 is 0 Å². The molecule has 1 atom stereocenters. The molecule has 1 heterocycles. The van der Waals surface area contributed by atoms with Gasteiger partial charge in [0, 0.05) is 32.2 Å². The summed E-state index contributed by atoms with van der Waals surface area (Å²) >= 11 is 0. The molecule has 3 rings (SSSR count). The smallest absolute Gasteiger partial charge is 0.0237 e. The van der Waals surface area contributed by atoms with E-state index in [1.807, 2.05) is 0 Å². The Kier molecular flexibility index (Phi) is 4.14. The van der Waals surface area contributed by atoms with Gasteiger partial charge in [0.2, 0.25) is 0 Å². The third-order valence-electron chi connectivity index (χ3n) is 4.06.